The van der Waals surface area contributed by atoms with Crippen molar-refractivity contribution in [3.05, 3.63) is 72.5 Å². The third-order valence-electron chi connectivity index (χ3n) is 3.88. The van der Waals surface area contributed by atoms with E-state index in [-0.39, 0.29) is 0 Å². The molecule has 0 spiro atoms. The van der Waals surface area contributed by atoms with Crippen LogP contribution in [0.5, 0.6) is 0 Å². The first-order valence-electron chi connectivity index (χ1n) is 8.03. The molecule has 6 nitrogen and oxygen atoms in total. The standard InChI is InChI=1S/C19H17N5O/c1-24(12-14-9-15-5-2-3-7-17(15)21-10-14)13-18-22-23-19(25-18)16-6-4-8-20-11-16/h2-11H,12-13H2,1H3. The van der Waals surface area contributed by atoms with Gasteiger partial charge in [0.2, 0.25) is 11.8 Å². The molecule has 124 valence electrons. The second-order valence-corrected chi connectivity index (χ2v) is 5.95. The van der Waals surface area contributed by atoms with Crippen LogP contribution in [-0.2, 0) is 13.1 Å². The second-order valence-electron chi connectivity index (χ2n) is 5.95. The van der Waals surface area contributed by atoms with Gasteiger partial charge in [0, 0.05) is 30.5 Å². The van der Waals surface area contributed by atoms with Crippen LogP contribution in [0.1, 0.15) is 11.5 Å². The summed E-state index contributed by atoms with van der Waals surface area (Å²) in [5.74, 6) is 1.07. The number of nitrogens with zero attached hydrogens (tertiary/aromatic N) is 5. The van der Waals surface area contributed by atoms with E-state index in [1.54, 1.807) is 12.4 Å². The van der Waals surface area contributed by atoms with E-state index in [2.05, 4.69) is 37.2 Å². The summed E-state index contributed by atoms with van der Waals surface area (Å²) < 4.78 is 5.73. The molecule has 0 fully saturated rings. The first kappa shape index (κ1) is 15.4. The summed E-state index contributed by atoms with van der Waals surface area (Å²) in [7, 11) is 2.02. The molecule has 0 N–H and O–H groups in total. The molecule has 4 rings (SSSR count). The van der Waals surface area contributed by atoms with Crippen LogP contribution in [0.3, 0.4) is 0 Å². The first-order chi connectivity index (χ1) is 12.3. The number of hydrogen-bond acceptors (Lipinski definition) is 6. The fraction of sp³-hybridized carbons (Fsp3) is 0.158. The van der Waals surface area contributed by atoms with Gasteiger partial charge in [0.25, 0.3) is 0 Å². The van der Waals surface area contributed by atoms with Crippen molar-refractivity contribution >= 4 is 10.9 Å². The minimum atomic E-state index is 0.490. The Kier molecular flexibility index (Phi) is 4.18. The predicted octanol–water partition coefficient (Wildman–Crippen LogP) is 3.31. The van der Waals surface area contributed by atoms with Gasteiger partial charge in [0.05, 0.1) is 17.6 Å². The monoisotopic (exact) mass is 331 g/mol. The molecule has 4 aromatic rings. The van der Waals surface area contributed by atoms with Gasteiger partial charge < -0.3 is 4.42 Å². The zero-order chi connectivity index (χ0) is 17.1. The molecule has 0 unspecified atom stereocenters. The van der Waals surface area contributed by atoms with Crippen molar-refractivity contribution in [2.75, 3.05) is 7.05 Å². The SMILES string of the molecule is CN(Cc1cnc2ccccc2c1)Cc1nnc(-c2cccnc2)o1. The van der Waals surface area contributed by atoms with Crippen LogP contribution in [0.2, 0.25) is 0 Å². The smallest absolute Gasteiger partial charge is 0.249 e. The van der Waals surface area contributed by atoms with Gasteiger partial charge in [-0.1, -0.05) is 18.2 Å². The lowest BCUT2D eigenvalue weighted by Crippen LogP contribution is -2.17. The Balaban J connectivity index is 1.45. The van der Waals surface area contributed by atoms with E-state index < -0.39 is 0 Å². The molecule has 0 radical (unpaired) electrons. The zero-order valence-corrected chi connectivity index (χ0v) is 13.8. The zero-order valence-electron chi connectivity index (χ0n) is 13.8. The molecule has 0 saturated carbocycles. The van der Waals surface area contributed by atoms with Gasteiger partial charge in [-0.15, -0.1) is 10.2 Å². The van der Waals surface area contributed by atoms with E-state index in [9.17, 15) is 0 Å². The van der Waals surface area contributed by atoms with Gasteiger partial charge in [-0.3, -0.25) is 14.9 Å². The third kappa shape index (κ3) is 3.54. The summed E-state index contributed by atoms with van der Waals surface area (Å²) in [6, 6.07) is 14.0. The van der Waals surface area contributed by atoms with Gasteiger partial charge in [0.15, 0.2) is 0 Å². The maximum Gasteiger partial charge on any atom is 0.249 e. The Morgan fingerprint density at radius 2 is 1.92 bits per heavy atom. The van der Waals surface area contributed by atoms with E-state index in [0.29, 0.717) is 18.3 Å². The van der Waals surface area contributed by atoms with E-state index >= 15 is 0 Å². The van der Waals surface area contributed by atoms with Crippen LogP contribution < -0.4 is 0 Å². The summed E-state index contributed by atoms with van der Waals surface area (Å²) in [4.78, 5) is 10.7. The summed E-state index contributed by atoms with van der Waals surface area (Å²) in [5, 5.41) is 9.36. The largest absolute Gasteiger partial charge is 0.419 e. The molecule has 0 atom stereocenters. The van der Waals surface area contributed by atoms with Crippen molar-refractivity contribution in [1.82, 2.24) is 25.1 Å². The molecule has 0 amide bonds. The molecular weight excluding hydrogens is 314 g/mol. The van der Waals surface area contributed by atoms with Gasteiger partial charge >= 0.3 is 0 Å². The Labute approximate surface area is 145 Å². The summed E-state index contributed by atoms with van der Waals surface area (Å²) in [6.07, 6.45) is 5.33. The highest BCUT2D eigenvalue weighted by molar-refractivity contribution is 5.78. The minimum Gasteiger partial charge on any atom is -0.419 e. The van der Waals surface area contributed by atoms with Crippen LogP contribution in [0.25, 0.3) is 22.4 Å². The molecule has 0 bridgehead atoms. The van der Waals surface area contributed by atoms with Crippen molar-refractivity contribution in [3.63, 3.8) is 0 Å². The van der Waals surface area contributed by atoms with Crippen LogP contribution >= 0.6 is 0 Å². The number of rotatable bonds is 5. The van der Waals surface area contributed by atoms with Gasteiger partial charge in [-0.05, 0) is 36.9 Å². The highest BCUT2D eigenvalue weighted by Crippen LogP contribution is 2.18. The Hall–Kier alpha value is -3.12. The normalized spacial score (nSPS) is 11.3. The number of benzene rings is 1. The lowest BCUT2D eigenvalue weighted by Gasteiger charge is -2.14. The minimum absolute atomic E-state index is 0.490. The fourth-order valence-corrected chi connectivity index (χ4v) is 2.72. The van der Waals surface area contributed by atoms with E-state index in [0.717, 1.165) is 28.6 Å². The molecule has 0 saturated heterocycles. The van der Waals surface area contributed by atoms with E-state index in [1.807, 2.05) is 43.6 Å². The molecule has 1 aromatic carbocycles. The summed E-state index contributed by atoms with van der Waals surface area (Å²) in [5.41, 5.74) is 2.97. The number of para-hydroxylation sites is 1. The highest BCUT2D eigenvalue weighted by atomic mass is 16.4. The number of fused-ring (bicyclic) bond motifs is 1. The number of pyridine rings is 2. The fourth-order valence-electron chi connectivity index (χ4n) is 2.72. The van der Waals surface area contributed by atoms with Crippen molar-refractivity contribution in [2.45, 2.75) is 13.1 Å². The molecule has 6 heteroatoms. The molecule has 0 aliphatic heterocycles. The average Bonchev–Trinajstić information content (AvgIpc) is 3.10. The predicted molar refractivity (Wildman–Crippen MR) is 94.4 cm³/mol. The van der Waals surface area contributed by atoms with Gasteiger partial charge in [0.1, 0.15) is 0 Å². The lowest BCUT2D eigenvalue weighted by atomic mass is 10.1. The van der Waals surface area contributed by atoms with E-state index in [4.69, 9.17) is 4.42 Å². The summed E-state index contributed by atoms with van der Waals surface area (Å²) in [6.45, 7) is 1.32. The average molecular weight is 331 g/mol. The van der Waals surface area contributed by atoms with Crippen molar-refractivity contribution in [2.24, 2.45) is 0 Å². The van der Waals surface area contributed by atoms with Crippen LogP contribution in [0, 0.1) is 0 Å². The molecule has 0 aliphatic rings. The van der Waals surface area contributed by atoms with Crippen molar-refractivity contribution in [3.8, 4) is 11.5 Å². The van der Waals surface area contributed by atoms with E-state index in [1.165, 1.54) is 0 Å². The quantitative estimate of drug-likeness (QED) is 0.559. The van der Waals surface area contributed by atoms with Gasteiger partial charge in [-0.2, -0.15) is 0 Å². The topological polar surface area (TPSA) is 67.9 Å². The van der Waals surface area contributed by atoms with Crippen LogP contribution in [0.4, 0.5) is 0 Å². The maximum atomic E-state index is 5.73. The number of hydrogen-bond donors (Lipinski definition) is 0. The Morgan fingerprint density at radius 1 is 1.00 bits per heavy atom. The van der Waals surface area contributed by atoms with Crippen molar-refractivity contribution < 1.29 is 4.42 Å². The highest BCUT2D eigenvalue weighted by Gasteiger charge is 2.11. The summed E-state index contributed by atoms with van der Waals surface area (Å²) >= 11 is 0. The van der Waals surface area contributed by atoms with Crippen molar-refractivity contribution in [1.29, 1.82) is 0 Å². The van der Waals surface area contributed by atoms with Gasteiger partial charge in [-0.25, -0.2) is 0 Å². The molecule has 0 aliphatic carbocycles. The number of aromatic nitrogens is 4. The Morgan fingerprint density at radius 3 is 2.80 bits per heavy atom. The molecule has 3 heterocycles. The molecule has 3 aromatic heterocycles. The second kappa shape index (κ2) is 6.78. The van der Waals surface area contributed by atoms with Crippen LogP contribution in [-0.4, -0.2) is 32.1 Å². The van der Waals surface area contributed by atoms with Crippen LogP contribution in [0.15, 0.2) is 65.5 Å². The lowest BCUT2D eigenvalue weighted by molar-refractivity contribution is 0.282. The molecular formula is C19H17N5O. The first-order valence-corrected chi connectivity index (χ1v) is 8.03. The maximum absolute atomic E-state index is 5.73. The molecule has 25 heavy (non-hydrogen) atoms. The third-order valence-corrected chi connectivity index (χ3v) is 3.88. The Bertz CT molecular complexity index is 983.